The standard InChI is InChI=1S/C18H18ClN3O4/c1-2-3-13-4-7-16(8-5-13)26-12-18(23)21-20-11-14-10-15(19)6-9-17(14)22(24)25/h4-11H,2-3,12H2,1H3,(H,21,23)/b20-11+. The third-order valence-corrected chi connectivity index (χ3v) is 3.65. The summed E-state index contributed by atoms with van der Waals surface area (Å²) < 4.78 is 5.37. The third kappa shape index (κ3) is 5.86. The maximum atomic E-state index is 11.8. The summed E-state index contributed by atoms with van der Waals surface area (Å²) in [6, 6.07) is 11.6. The van der Waals surface area contributed by atoms with Crippen LogP contribution in [-0.2, 0) is 11.2 Å². The topological polar surface area (TPSA) is 93.8 Å². The lowest BCUT2D eigenvalue weighted by atomic mass is 10.1. The highest BCUT2D eigenvalue weighted by molar-refractivity contribution is 6.31. The Kier molecular flexibility index (Phi) is 7.11. The molecule has 0 heterocycles. The van der Waals surface area contributed by atoms with Crippen LogP contribution in [0.1, 0.15) is 24.5 Å². The largest absolute Gasteiger partial charge is 0.484 e. The zero-order valence-electron chi connectivity index (χ0n) is 14.1. The SMILES string of the molecule is CCCc1ccc(OCC(=O)N/N=C/c2cc(Cl)ccc2[N+](=O)[O-])cc1. The van der Waals surface area contributed by atoms with Gasteiger partial charge >= 0.3 is 0 Å². The summed E-state index contributed by atoms with van der Waals surface area (Å²) in [5.41, 5.74) is 3.50. The van der Waals surface area contributed by atoms with Crippen LogP contribution < -0.4 is 10.2 Å². The molecule has 2 aromatic carbocycles. The molecule has 0 aliphatic rings. The molecular weight excluding hydrogens is 358 g/mol. The Morgan fingerprint density at radius 2 is 2.04 bits per heavy atom. The van der Waals surface area contributed by atoms with Gasteiger partial charge in [-0.15, -0.1) is 0 Å². The van der Waals surface area contributed by atoms with Gasteiger partial charge in [0.15, 0.2) is 6.61 Å². The van der Waals surface area contributed by atoms with Crippen LogP contribution in [0, 0.1) is 10.1 Å². The number of nitrogens with zero attached hydrogens (tertiary/aromatic N) is 2. The molecule has 0 bridgehead atoms. The lowest BCUT2D eigenvalue weighted by Crippen LogP contribution is -2.24. The van der Waals surface area contributed by atoms with Gasteiger partial charge < -0.3 is 4.74 Å². The molecule has 0 fully saturated rings. The summed E-state index contributed by atoms with van der Waals surface area (Å²) in [7, 11) is 0. The molecule has 0 saturated carbocycles. The zero-order valence-corrected chi connectivity index (χ0v) is 14.9. The summed E-state index contributed by atoms with van der Waals surface area (Å²) in [6.07, 6.45) is 3.22. The zero-order chi connectivity index (χ0) is 18.9. The lowest BCUT2D eigenvalue weighted by molar-refractivity contribution is -0.385. The number of carbonyl (C=O) groups excluding carboxylic acids is 1. The molecule has 2 aromatic rings. The Morgan fingerprint density at radius 3 is 2.69 bits per heavy atom. The van der Waals surface area contributed by atoms with Crippen LogP contribution in [0.5, 0.6) is 5.75 Å². The van der Waals surface area contributed by atoms with Crippen molar-refractivity contribution in [1.82, 2.24) is 5.43 Å². The molecule has 1 N–H and O–H groups in total. The number of hydrogen-bond acceptors (Lipinski definition) is 5. The smallest absolute Gasteiger partial charge is 0.278 e. The molecule has 0 aliphatic heterocycles. The van der Waals surface area contributed by atoms with Crippen molar-refractivity contribution in [1.29, 1.82) is 0 Å². The molecule has 0 radical (unpaired) electrons. The number of hydrogen-bond donors (Lipinski definition) is 1. The number of halogens is 1. The second kappa shape index (κ2) is 9.53. The fraction of sp³-hybridized carbons (Fsp3) is 0.222. The quantitative estimate of drug-likeness (QED) is 0.432. The van der Waals surface area contributed by atoms with Crippen LogP contribution in [0.15, 0.2) is 47.6 Å². The van der Waals surface area contributed by atoms with E-state index in [1.807, 2.05) is 12.1 Å². The predicted octanol–water partition coefficient (Wildman–Crippen LogP) is 3.73. The molecule has 1 amide bonds. The van der Waals surface area contributed by atoms with E-state index in [4.69, 9.17) is 16.3 Å². The van der Waals surface area contributed by atoms with Gasteiger partial charge in [-0.25, -0.2) is 5.43 Å². The number of ether oxygens (including phenoxy) is 1. The summed E-state index contributed by atoms with van der Waals surface area (Å²) in [5.74, 6) is 0.0954. The van der Waals surface area contributed by atoms with Gasteiger partial charge in [0.25, 0.3) is 11.6 Å². The minimum Gasteiger partial charge on any atom is -0.484 e. The maximum Gasteiger partial charge on any atom is 0.278 e. The third-order valence-electron chi connectivity index (χ3n) is 3.41. The van der Waals surface area contributed by atoms with Crippen molar-refractivity contribution in [3.63, 3.8) is 0 Å². The van der Waals surface area contributed by atoms with Crippen molar-refractivity contribution in [2.75, 3.05) is 6.61 Å². The summed E-state index contributed by atoms with van der Waals surface area (Å²) in [4.78, 5) is 22.1. The fourth-order valence-electron chi connectivity index (χ4n) is 2.19. The molecule has 136 valence electrons. The molecule has 7 nitrogen and oxygen atoms in total. The lowest BCUT2D eigenvalue weighted by Gasteiger charge is -2.06. The van der Waals surface area contributed by atoms with Gasteiger partial charge in [0.2, 0.25) is 0 Å². The van der Waals surface area contributed by atoms with Crippen molar-refractivity contribution in [3.05, 3.63) is 68.7 Å². The van der Waals surface area contributed by atoms with Gasteiger partial charge in [-0.3, -0.25) is 14.9 Å². The second-order valence-electron chi connectivity index (χ2n) is 5.44. The second-order valence-corrected chi connectivity index (χ2v) is 5.87. The minimum atomic E-state index is -0.551. The van der Waals surface area contributed by atoms with Gasteiger partial charge in [-0.05, 0) is 36.2 Å². The van der Waals surface area contributed by atoms with E-state index >= 15 is 0 Å². The summed E-state index contributed by atoms with van der Waals surface area (Å²) >= 11 is 5.82. The average Bonchev–Trinajstić information content (AvgIpc) is 2.61. The van der Waals surface area contributed by atoms with Gasteiger partial charge in [0.1, 0.15) is 5.75 Å². The van der Waals surface area contributed by atoms with E-state index in [1.165, 1.54) is 30.0 Å². The first kappa shape index (κ1) is 19.4. The number of benzene rings is 2. The Morgan fingerprint density at radius 1 is 1.31 bits per heavy atom. The minimum absolute atomic E-state index is 0.157. The molecule has 0 aliphatic carbocycles. The first-order chi connectivity index (χ1) is 12.5. The van der Waals surface area contributed by atoms with Crippen molar-refractivity contribution >= 4 is 29.4 Å². The number of amides is 1. The molecule has 0 atom stereocenters. The number of carbonyl (C=O) groups is 1. The Hall–Kier alpha value is -2.93. The normalized spacial score (nSPS) is 10.7. The highest BCUT2D eigenvalue weighted by atomic mass is 35.5. The number of aryl methyl sites for hydroxylation is 1. The maximum absolute atomic E-state index is 11.8. The van der Waals surface area contributed by atoms with Crippen LogP contribution in [0.25, 0.3) is 0 Å². The molecule has 0 spiro atoms. The van der Waals surface area contributed by atoms with E-state index < -0.39 is 10.8 Å². The van der Waals surface area contributed by atoms with Gasteiger partial charge in [-0.2, -0.15) is 5.10 Å². The van der Waals surface area contributed by atoms with Crippen LogP contribution in [-0.4, -0.2) is 23.7 Å². The van der Waals surface area contributed by atoms with Crippen molar-refractivity contribution < 1.29 is 14.5 Å². The predicted molar refractivity (Wildman–Crippen MR) is 99.8 cm³/mol. The van der Waals surface area contributed by atoms with Crippen molar-refractivity contribution in [3.8, 4) is 5.75 Å². The van der Waals surface area contributed by atoms with E-state index in [2.05, 4.69) is 17.5 Å². The van der Waals surface area contributed by atoms with Gasteiger partial charge in [-0.1, -0.05) is 37.1 Å². The first-order valence-electron chi connectivity index (χ1n) is 7.97. The fourth-order valence-corrected chi connectivity index (χ4v) is 2.37. The summed E-state index contributed by atoms with van der Waals surface area (Å²) in [6.45, 7) is 1.88. The van der Waals surface area contributed by atoms with E-state index in [0.29, 0.717) is 10.8 Å². The molecule has 0 saturated heterocycles. The molecule has 2 rings (SSSR count). The van der Waals surface area contributed by atoms with Crippen molar-refractivity contribution in [2.24, 2.45) is 5.10 Å². The molecule has 26 heavy (non-hydrogen) atoms. The van der Waals surface area contributed by atoms with Crippen LogP contribution in [0.2, 0.25) is 5.02 Å². The monoisotopic (exact) mass is 375 g/mol. The molecular formula is C18H18ClN3O4. The van der Waals surface area contributed by atoms with Crippen LogP contribution in [0.3, 0.4) is 0 Å². The van der Waals surface area contributed by atoms with Crippen LogP contribution in [0.4, 0.5) is 5.69 Å². The average molecular weight is 376 g/mol. The first-order valence-corrected chi connectivity index (χ1v) is 8.35. The molecule has 0 aromatic heterocycles. The van der Waals surface area contributed by atoms with Crippen LogP contribution >= 0.6 is 11.6 Å². The van der Waals surface area contributed by atoms with Gasteiger partial charge in [0, 0.05) is 11.1 Å². The van der Waals surface area contributed by atoms with Crippen molar-refractivity contribution in [2.45, 2.75) is 19.8 Å². The summed E-state index contributed by atoms with van der Waals surface area (Å²) in [5, 5.41) is 15.0. The van der Waals surface area contributed by atoms with E-state index in [9.17, 15) is 14.9 Å². The number of nitro groups is 1. The van der Waals surface area contributed by atoms with Gasteiger partial charge in [0.05, 0.1) is 16.7 Å². The molecule has 0 unspecified atom stereocenters. The number of rotatable bonds is 8. The van der Waals surface area contributed by atoms with E-state index in [-0.39, 0.29) is 17.9 Å². The molecule has 8 heteroatoms. The number of nitro benzene ring substituents is 1. The number of hydrazone groups is 1. The highest BCUT2D eigenvalue weighted by Crippen LogP contribution is 2.21. The Balaban J connectivity index is 1.88. The Bertz CT molecular complexity index is 807. The highest BCUT2D eigenvalue weighted by Gasteiger charge is 2.12. The van der Waals surface area contributed by atoms with E-state index in [0.717, 1.165) is 12.8 Å². The number of nitrogens with one attached hydrogen (secondary N) is 1. The Labute approximate surface area is 155 Å². The van der Waals surface area contributed by atoms with E-state index in [1.54, 1.807) is 12.1 Å².